The van der Waals surface area contributed by atoms with Crippen LogP contribution in [0.15, 0.2) is 18.2 Å². The smallest absolute Gasteiger partial charge is 0.124 e. The zero-order chi connectivity index (χ0) is 13.3. The highest BCUT2D eigenvalue weighted by Gasteiger charge is 2.35. The molecule has 0 spiro atoms. The van der Waals surface area contributed by atoms with Gasteiger partial charge in [-0.25, -0.2) is 15.2 Å². The van der Waals surface area contributed by atoms with Gasteiger partial charge in [0.2, 0.25) is 0 Å². The van der Waals surface area contributed by atoms with Crippen molar-refractivity contribution in [1.29, 1.82) is 0 Å². The van der Waals surface area contributed by atoms with Crippen molar-refractivity contribution in [3.63, 3.8) is 0 Å². The molecule has 3 unspecified atom stereocenters. The molecule has 0 radical (unpaired) electrons. The third kappa shape index (κ3) is 2.83. The average Bonchev–Trinajstić information content (AvgIpc) is 2.60. The Balaban J connectivity index is 2.25. The molecule has 0 amide bonds. The molecular weight excluding hydrogens is 253 g/mol. The first kappa shape index (κ1) is 13.7. The standard InChI is InChI=1S/C13H19ClFN3/c1-7(2)5-10-12(17-18-13(10)16)9-4-3-8(15)6-11(9)14/h3-4,6-7,10,12-13,17-18H,5,16H2,1-2H3. The topological polar surface area (TPSA) is 50.1 Å². The molecule has 1 aromatic rings. The number of hydrazine groups is 1. The maximum absolute atomic E-state index is 13.1. The molecule has 0 aromatic heterocycles. The Morgan fingerprint density at radius 2 is 2.11 bits per heavy atom. The summed E-state index contributed by atoms with van der Waals surface area (Å²) in [5.41, 5.74) is 13.1. The molecule has 5 heteroatoms. The summed E-state index contributed by atoms with van der Waals surface area (Å²) in [6, 6.07) is 4.52. The summed E-state index contributed by atoms with van der Waals surface area (Å²) in [6.07, 6.45) is 0.873. The van der Waals surface area contributed by atoms with Crippen molar-refractivity contribution in [1.82, 2.24) is 10.9 Å². The minimum absolute atomic E-state index is 0.0236. The Kier molecular flexibility index (Phi) is 4.22. The van der Waals surface area contributed by atoms with E-state index in [0.29, 0.717) is 10.9 Å². The number of nitrogens with two attached hydrogens (primary N) is 1. The second-order valence-electron chi connectivity index (χ2n) is 5.25. The van der Waals surface area contributed by atoms with Gasteiger partial charge in [0.15, 0.2) is 0 Å². The number of hydrogen-bond acceptors (Lipinski definition) is 3. The van der Waals surface area contributed by atoms with Crippen LogP contribution in [0.5, 0.6) is 0 Å². The number of benzene rings is 1. The first-order valence-electron chi connectivity index (χ1n) is 6.20. The average molecular weight is 272 g/mol. The summed E-state index contributed by atoms with van der Waals surface area (Å²) >= 11 is 6.11. The van der Waals surface area contributed by atoms with Gasteiger partial charge in [-0.3, -0.25) is 0 Å². The van der Waals surface area contributed by atoms with Crippen LogP contribution < -0.4 is 16.6 Å². The van der Waals surface area contributed by atoms with Gasteiger partial charge in [-0.2, -0.15) is 0 Å². The van der Waals surface area contributed by atoms with Crippen LogP contribution >= 0.6 is 11.6 Å². The van der Waals surface area contributed by atoms with Crippen LogP contribution in [0.3, 0.4) is 0 Å². The fourth-order valence-electron chi connectivity index (χ4n) is 2.50. The molecule has 0 saturated carbocycles. The van der Waals surface area contributed by atoms with Crippen molar-refractivity contribution < 1.29 is 4.39 Å². The second-order valence-corrected chi connectivity index (χ2v) is 5.66. The summed E-state index contributed by atoms with van der Waals surface area (Å²) in [5.74, 6) is 0.469. The van der Waals surface area contributed by atoms with E-state index in [-0.39, 0.29) is 23.9 Å². The molecule has 0 bridgehead atoms. The zero-order valence-corrected chi connectivity index (χ0v) is 11.3. The quantitative estimate of drug-likeness (QED) is 0.792. The lowest BCUT2D eigenvalue weighted by molar-refractivity contribution is 0.344. The number of halogens is 2. The van der Waals surface area contributed by atoms with Gasteiger partial charge in [0.05, 0.1) is 12.2 Å². The maximum atomic E-state index is 13.1. The van der Waals surface area contributed by atoms with Gasteiger partial charge in [-0.1, -0.05) is 31.5 Å². The third-order valence-corrected chi connectivity index (χ3v) is 3.66. The van der Waals surface area contributed by atoms with Crippen LogP contribution in [-0.2, 0) is 0 Å². The molecule has 1 fully saturated rings. The Hall–Kier alpha value is -0.680. The van der Waals surface area contributed by atoms with E-state index in [1.807, 2.05) is 0 Å². The molecule has 4 N–H and O–H groups in total. The molecule has 1 saturated heterocycles. The Labute approximate surface area is 112 Å². The van der Waals surface area contributed by atoms with E-state index in [0.717, 1.165) is 12.0 Å². The van der Waals surface area contributed by atoms with Gasteiger partial charge < -0.3 is 5.73 Å². The van der Waals surface area contributed by atoms with Crippen molar-refractivity contribution in [2.24, 2.45) is 17.6 Å². The lowest BCUT2D eigenvalue weighted by Crippen LogP contribution is -2.39. The molecule has 100 valence electrons. The molecule has 18 heavy (non-hydrogen) atoms. The highest BCUT2D eigenvalue weighted by atomic mass is 35.5. The van der Waals surface area contributed by atoms with E-state index in [1.54, 1.807) is 6.07 Å². The number of hydrogen-bond donors (Lipinski definition) is 3. The molecule has 2 rings (SSSR count). The van der Waals surface area contributed by atoms with Crippen LogP contribution in [0, 0.1) is 17.7 Å². The zero-order valence-electron chi connectivity index (χ0n) is 10.6. The van der Waals surface area contributed by atoms with Crippen molar-refractivity contribution >= 4 is 11.6 Å². The molecule has 1 aromatic carbocycles. The van der Waals surface area contributed by atoms with E-state index in [9.17, 15) is 4.39 Å². The maximum Gasteiger partial charge on any atom is 0.124 e. The monoisotopic (exact) mass is 271 g/mol. The second kappa shape index (κ2) is 5.53. The largest absolute Gasteiger partial charge is 0.315 e. The van der Waals surface area contributed by atoms with Crippen LogP contribution in [0.4, 0.5) is 4.39 Å². The van der Waals surface area contributed by atoms with Gasteiger partial charge in [0, 0.05) is 10.9 Å². The van der Waals surface area contributed by atoms with Crippen LogP contribution in [-0.4, -0.2) is 6.17 Å². The number of nitrogens with one attached hydrogen (secondary N) is 2. The van der Waals surface area contributed by atoms with E-state index >= 15 is 0 Å². The summed E-state index contributed by atoms with van der Waals surface area (Å²) in [7, 11) is 0. The summed E-state index contributed by atoms with van der Waals surface area (Å²) in [4.78, 5) is 0. The van der Waals surface area contributed by atoms with E-state index in [4.69, 9.17) is 17.3 Å². The fraction of sp³-hybridized carbons (Fsp3) is 0.538. The molecule has 3 atom stereocenters. The highest BCUT2D eigenvalue weighted by Crippen LogP contribution is 2.35. The first-order valence-corrected chi connectivity index (χ1v) is 6.58. The van der Waals surface area contributed by atoms with Crippen LogP contribution in [0.1, 0.15) is 31.9 Å². The van der Waals surface area contributed by atoms with Gasteiger partial charge in [0.25, 0.3) is 0 Å². The summed E-state index contributed by atoms with van der Waals surface area (Å²) < 4.78 is 13.1. The van der Waals surface area contributed by atoms with Crippen molar-refractivity contribution in [2.45, 2.75) is 32.5 Å². The van der Waals surface area contributed by atoms with E-state index < -0.39 is 0 Å². The minimum atomic E-state index is -0.320. The summed E-state index contributed by atoms with van der Waals surface area (Å²) in [5, 5.41) is 0.442. The minimum Gasteiger partial charge on any atom is -0.315 e. The molecule has 1 aliphatic heterocycles. The van der Waals surface area contributed by atoms with Gasteiger partial charge in [-0.15, -0.1) is 0 Å². The molecular formula is C13H19ClFN3. The summed E-state index contributed by atoms with van der Waals surface area (Å²) in [6.45, 7) is 4.32. The van der Waals surface area contributed by atoms with Gasteiger partial charge in [-0.05, 0) is 30.0 Å². The van der Waals surface area contributed by atoms with Crippen molar-refractivity contribution in [3.8, 4) is 0 Å². The normalized spacial score (nSPS) is 28.0. The predicted octanol–water partition coefficient (Wildman–Crippen LogP) is 2.58. The van der Waals surface area contributed by atoms with Gasteiger partial charge in [0.1, 0.15) is 5.82 Å². The fourth-order valence-corrected chi connectivity index (χ4v) is 2.78. The highest BCUT2D eigenvalue weighted by molar-refractivity contribution is 6.31. The number of rotatable bonds is 3. The van der Waals surface area contributed by atoms with Gasteiger partial charge >= 0.3 is 0 Å². The lowest BCUT2D eigenvalue weighted by Gasteiger charge is -2.23. The van der Waals surface area contributed by atoms with Crippen LogP contribution in [0.25, 0.3) is 0 Å². The van der Waals surface area contributed by atoms with E-state index in [1.165, 1.54) is 12.1 Å². The molecule has 1 heterocycles. The first-order chi connectivity index (χ1) is 8.49. The molecule has 1 aliphatic rings. The third-order valence-electron chi connectivity index (χ3n) is 3.34. The van der Waals surface area contributed by atoms with Crippen molar-refractivity contribution in [3.05, 3.63) is 34.6 Å². The van der Waals surface area contributed by atoms with E-state index in [2.05, 4.69) is 24.7 Å². The Morgan fingerprint density at radius 1 is 1.39 bits per heavy atom. The Bertz CT molecular complexity index is 425. The van der Waals surface area contributed by atoms with Crippen LogP contribution in [0.2, 0.25) is 5.02 Å². The molecule has 0 aliphatic carbocycles. The SMILES string of the molecule is CC(C)CC1C(N)NNC1c1ccc(F)cc1Cl. The van der Waals surface area contributed by atoms with Crippen molar-refractivity contribution in [2.75, 3.05) is 0 Å². The molecule has 3 nitrogen and oxygen atoms in total. The predicted molar refractivity (Wildman–Crippen MR) is 71.3 cm³/mol. The Morgan fingerprint density at radius 3 is 2.72 bits per heavy atom. The lowest BCUT2D eigenvalue weighted by atomic mass is 9.86.